The van der Waals surface area contributed by atoms with Crippen LogP contribution in [0.2, 0.25) is 0 Å². The molecule has 0 saturated carbocycles. The van der Waals surface area contributed by atoms with Gasteiger partial charge >= 0.3 is 0 Å². The van der Waals surface area contributed by atoms with Crippen molar-refractivity contribution >= 4 is 21.4 Å². The van der Waals surface area contributed by atoms with Gasteiger partial charge in [-0.05, 0) is 31.0 Å². The molecule has 0 atom stereocenters. The number of nitrogens with zero attached hydrogens (tertiary/aromatic N) is 2. The quantitative estimate of drug-likeness (QED) is 0.840. The fourth-order valence-electron chi connectivity index (χ4n) is 1.92. The number of nitrogens with two attached hydrogens (primary N) is 1. The highest BCUT2D eigenvalue weighted by Crippen LogP contribution is 2.28. The molecule has 1 fully saturated rings. The maximum atomic E-state index is 12.0. The fourth-order valence-corrected chi connectivity index (χ4v) is 2.86. The molecule has 1 aromatic rings. The standard InChI is InChI=1S/C12H19N3O3S/c1-14(2)19(16,17)10-5-6-12(11(13)9-10)15-7-3-4-8-18-15/h5-6,9H,3-4,7-8,13H2,1-2H3. The van der Waals surface area contributed by atoms with E-state index in [0.29, 0.717) is 12.3 Å². The molecule has 1 aliphatic rings. The number of benzene rings is 1. The topological polar surface area (TPSA) is 75.9 Å². The van der Waals surface area contributed by atoms with Gasteiger partial charge in [-0.1, -0.05) is 0 Å². The minimum atomic E-state index is -3.45. The van der Waals surface area contributed by atoms with Crippen LogP contribution in [-0.4, -0.2) is 40.0 Å². The van der Waals surface area contributed by atoms with Crippen LogP contribution in [0.4, 0.5) is 11.4 Å². The number of hydrogen-bond acceptors (Lipinski definition) is 5. The van der Waals surface area contributed by atoms with E-state index >= 15 is 0 Å². The summed E-state index contributed by atoms with van der Waals surface area (Å²) in [5.74, 6) is 0. The molecular formula is C12H19N3O3S. The molecule has 7 heteroatoms. The molecule has 0 aromatic heterocycles. The summed E-state index contributed by atoms with van der Waals surface area (Å²) in [5.41, 5.74) is 7.07. The van der Waals surface area contributed by atoms with Crippen molar-refractivity contribution in [1.29, 1.82) is 0 Å². The van der Waals surface area contributed by atoms with Gasteiger partial charge in [0.2, 0.25) is 10.0 Å². The van der Waals surface area contributed by atoms with Gasteiger partial charge in [-0.2, -0.15) is 0 Å². The zero-order valence-electron chi connectivity index (χ0n) is 11.2. The van der Waals surface area contributed by atoms with Crippen LogP contribution in [-0.2, 0) is 14.9 Å². The molecule has 0 bridgehead atoms. The van der Waals surface area contributed by atoms with Crippen LogP contribution in [0.5, 0.6) is 0 Å². The fraction of sp³-hybridized carbons (Fsp3) is 0.500. The SMILES string of the molecule is CN(C)S(=O)(=O)c1ccc(N2CCCCO2)c(N)c1. The summed E-state index contributed by atoms with van der Waals surface area (Å²) in [7, 11) is -0.466. The lowest BCUT2D eigenvalue weighted by molar-refractivity contribution is 0.0781. The van der Waals surface area contributed by atoms with Gasteiger partial charge in [0.05, 0.1) is 22.9 Å². The van der Waals surface area contributed by atoms with Crippen molar-refractivity contribution in [3.8, 4) is 0 Å². The zero-order valence-corrected chi connectivity index (χ0v) is 12.0. The Labute approximate surface area is 113 Å². The molecule has 0 unspecified atom stereocenters. The second kappa shape index (κ2) is 5.36. The number of anilines is 2. The molecule has 1 heterocycles. The number of hydrogen-bond donors (Lipinski definition) is 1. The van der Waals surface area contributed by atoms with Crippen molar-refractivity contribution in [3.05, 3.63) is 18.2 Å². The maximum Gasteiger partial charge on any atom is 0.242 e. The second-order valence-corrected chi connectivity index (χ2v) is 6.80. The maximum absolute atomic E-state index is 12.0. The average molecular weight is 285 g/mol. The Morgan fingerprint density at radius 3 is 2.58 bits per heavy atom. The third kappa shape index (κ3) is 2.83. The second-order valence-electron chi connectivity index (χ2n) is 4.65. The molecule has 6 nitrogen and oxygen atoms in total. The summed E-state index contributed by atoms with van der Waals surface area (Å²) in [4.78, 5) is 5.70. The third-order valence-electron chi connectivity index (χ3n) is 3.05. The largest absolute Gasteiger partial charge is 0.397 e. The van der Waals surface area contributed by atoms with Crippen molar-refractivity contribution < 1.29 is 13.3 Å². The van der Waals surface area contributed by atoms with E-state index in [0.717, 1.165) is 25.1 Å². The highest BCUT2D eigenvalue weighted by molar-refractivity contribution is 7.89. The van der Waals surface area contributed by atoms with E-state index in [1.54, 1.807) is 17.2 Å². The van der Waals surface area contributed by atoms with Crippen LogP contribution in [0.25, 0.3) is 0 Å². The van der Waals surface area contributed by atoms with E-state index in [1.807, 2.05) is 0 Å². The van der Waals surface area contributed by atoms with Crippen molar-refractivity contribution in [3.63, 3.8) is 0 Å². The summed E-state index contributed by atoms with van der Waals surface area (Å²) >= 11 is 0. The Bertz CT molecular complexity index is 551. The molecule has 106 valence electrons. The van der Waals surface area contributed by atoms with Gasteiger partial charge in [-0.3, -0.25) is 9.90 Å². The minimum Gasteiger partial charge on any atom is -0.397 e. The lowest BCUT2D eigenvalue weighted by atomic mass is 10.2. The summed E-state index contributed by atoms with van der Waals surface area (Å²) in [6.07, 6.45) is 2.07. The van der Waals surface area contributed by atoms with Crippen LogP contribution < -0.4 is 10.8 Å². The van der Waals surface area contributed by atoms with Gasteiger partial charge in [0.25, 0.3) is 0 Å². The molecular weight excluding hydrogens is 266 g/mol. The molecule has 2 rings (SSSR count). The Morgan fingerprint density at radius 2 is 2.05 bits per heavy atom. The van der Waals surface area contributed by atoms with Crippen molar-refractivity contribution in [2.45, 2.75) is 17.7 Å². The molecule has 1 aliphatic heterocycles. The highest BCUT2D eigenvalue weighted by Gasteiger charge is 2.20. The van der Waals surface area contributed by atoms with E-state index < -0.39 is 10.0 Å². The van der Waals surface area contributed by atoms with Gasteiger partial charge < -0.3 is 5.73 Å². The van der Waals surface area contributed by atoms with Crippen LogP contribution in [0, 0.1) is 0 Å². The Hall–Kier alpha value is -1.31. The molecule has 0 aliphatic carbocycles. The molecule has 1 aromatic carbocycles. The van der Waals surface area contributed by atoms with Gasteiger partial charge in [-0.15, -0.1) is 0 Å². The summed E-state index contributed by atoms with van der Waals surface area (Å²) in [6, 6.07) is 4.72. The summed E-state index contributed by atoms with van der Waals surface area (Å²) in [6.45, 7) is 1.43. The molecule has 0 spiro atoms. The number of rotatable bonds is 3. The number of nitrogen functional groups attached to an aromatic ring is 1. The normalized spacial score (nSPS) is 16.9. The van der Waals surface area contributed by atoms with Crippen molar-refractivity contribution in [2.75, 3.05) is 38.0 Å². The first-order chi connectivity index (χ1) is 8.93. The number of hydroxylamine groups is 1. The van der Waals surface area contributed by atoms with Crippen LogP contribution in [0.3, 0.4) is 0 Å². The smallest absolute Gasteiger partial charge is 0.242 e. The first-order valence-electron chi connectivity index (χ1n) is 6.15. The van der Waals surface area contributed by atoms with E-state index in [9.17, 15) is 8.42 Å². The Balaban J connectivity index is 2.32. The molecule has 19 heavy (non-hydrogen) atoms. The minimum absolute atomic E-state index is 0.191. The van der Waals surface area contributed by atoms with Gasteiger partial charge in [0.1, 0.15) is 0 Å². The van der Waals surface area contributed by atoms with Crippen LogP contribution in [0.1, 0.15) is 12.8 Å². The summed E-state index contributed by atoms with van der Waals surface area (Å²) < 4.78 is 25.2. The van der Waals surface area contributed by atoms with Gasteiger partial charge in [0.15, 0.2) is 0 Å². The third-order valence-corrected chi connectivity index (χ3v) is 4.86. The number of sulfonamides is 1. The van der Waals surface area contributed by atoms with Crippen molar-refractivity contribution in [1.82, 2.24) is 4.31 Å². The Kier molecular flexibility index (Phi) is 3.98. The van der Waals surface area contributed by atoms with E-state index in [4.69, 9.17) is 10.6 Å². The predicted octanol–water partition coefficient (Wildman–Crippen LogP) is 1.05. The lowest BCUT2D eigenvalue weighted by Gasteiger charge is -2.29. The lowest BCUT2D eigenvalue weighted by Crippen LogP contribution is -2.30. The van der Waals surface area contributed by atoms with Gasteiger partial charge in [0, 0.05) is 20.6 Å². The molecule has 2 N–H and O–H groups in total. The average Bonchev–Trinajstić information content (AvgIpc) is 2.39. The van der Waals surface area contributed by atoms with Crippen LogP contribution in [0.15, 0.2) is 23.1 Å². The molecule has 1 saturated heterocycles. The van der Waals surface area contributed by atoms with E-state index in [-0.39, 0.29) is 4.90 Å². The first-order valence-corrected chi connectivity index (χ1v) is 7.59. The Morgan fingerprint density at radius 1 is 1.32 bits per heavy atom. The highest BCUT2D eigenvalue weighted by atomic mass is 32.2. The van der Waals surface area contributed by atoms with Crippen molar-refractivity contribution in [2.24, 2.45) is 0 Å². The molecule has 0 radical (unpaired) electrons. The predicted molar refractivity (Wildman–Crippen MR) is 74.3 cm³/mol. The van der Waals surface area contributed by atoms with E-state index in [1.165, 1.54) is 24.5 Å². The van der Waals surface area contributed by atoms with Gasteiger partial charge in [-0.25, -0.2) is 12.7 Å². The monoisotopic (exact) mass is 285 g/mol. The zero-order chi connectivity index (χ0) is 14.0. The summed E-state index contributed by atoms with van der Waals surface area (Å²) in [5, 5.41) is 1.73. The first kappa shape index (κ1) is 14.1. The molecule has 0 amide bonds. The van der Waals surface area contributed by atoms with Crippen LogP contribution >= 0.6 is 0 Å². The van der Waals surface area contributed by atoms with E-state index in [2.05, 4.69) is 0 Å².